The minimum atomic E-state index is 0.863. The molecule has 6 aromatic carbocycles. The fraction of sp³-hybridized carbons (Fsp3) is 0. The fourth-order valence-electron chi connectivity index (χ4n) is 6.93. The van der Waals surface area contributed by atoms with E-state index in [0.29, 0.717) is 0 Å². The Bertz CT molecular complexity index is 2370. The zero-order valence-electron chi connectivity index (χ0n) is 25.6. The average molecular weight is 600 g/mol. The molecular formula is C44H29N3. The molecule has 0 fully saturated rings. The highest BCUT2D eigenvalue weighted by Crippen LogP contribution is 2.49. The van der Waals surface area contributed by atoms with E-state index in [9.17, 15) is 0 Å². The van der Waals surface area contributed by atoms with Gasteiger partial charge in [-0.25, -0.2) is 4.98 Å². The van der Waals surface area contributed by atoms with Crippen LogP contribution in [0.3, 0.4) is 0 Å². The molecule has 9 rings (SSSR count). The van der Waals surface area contributed by atoms with E-state index in [1.54, 1.807) is 6.20 Å². The van der Waals surface area contributed by atoms with E-state index in [1.165, 1.54) is 44.2 Å². The van der Waals surface area contributed by atoms with Crippen LogP contribution >= 0.6 is 0 Å². The Morgan fingerprint density at radius 1 is 0.362 bits per heavy atom. The van der Waals surface area contributed by atoms with Crippen molar-refractivity contribution < 1.29 is 0 Å². The van der Waals surface area contributed by atoms with Crippen molar-refractivity contribution in [1.29, 1.82) is 0 Å². The molecule has 0 saturated carbocycles. The number of pyridine rings is 2. The SMILES string of the molecule is c1ccc(N(c2ccc(-c3cccc(-c4ccccn4)n3)cc2)c2cccc(-c3ccc4c5c(cccc35)-c3ccccc3-4)c2)cc1. The highest BCUT2D eigenvalue weighted by atomic mass is 15.1. The average Bonchev–Trinajstić information content (AvgIpc) is 3.48. The van der Waals surface area contributed by atoms with Crippen LogP contribution in [-0.4, -0.2) is 9.97 Å². The lowest BCUT2D eigenvalue weighted by atomic mass is 9.94. The Morgan fingerprint density at radius 2 is 0.979 bits per heavy atom. The zero-order valence-corrected chi connectivity index (χ0v) is 25.6. The Balaban J connectivity index is 1.12. The lowest BCUT2D eigenvalue weighted by molar-refractivity contribution is 1.24. The molecule has 0 bridgehead atoms. The molecule has 0 radical (unpaired) electrons. The second-order valence-electron chi connectivity index (χ2n) is 11.8. The van der Waals surface area contributed by atoms with Crippen molar-refractivity contribution in [2.75, 3.05) is 4.90 Å². The van der Waals surface area contributed by atoms with Gasteiger partial charge in [-0.3, -0.25) is 4.98 Å². The molecule has 3 heteroatoms. The van der Waals surface area contributed by atoms with Gasteiger partial charge in [-0.15, -0.1) is 0 Å². The second-order valence-corrected chi connectivity index (χ2v) is 11.8. The minimum absolute atomic E-state index is 0.863. The lowest BCUT2D eigenvalue weighted by Crippen LogP contribution is -2.09. The van der Waals surface area contributed by atoms with Gasteiger partial charge in [-0.2, -0.15) is 0 Å². The van der Waals surface area contributed by atoms with Crippen LogP contribution in [0.15, 0.2) is 176 Å². The van der Waals surface area contributed by atoms with E-state index in [-0.39, 0.29) is 0 Å². The third kappa shape index (κ3) is 4.68. The van der Waals surface area contributed by atoms with Crippen molar-refractivity contribution in [3.05, 3.63) is 176 Å². The Morgan fingerprint density at radius 3 is 1.79 bits per heavy atom. The van der Waals surface area contributed by atoms with Crippen molar-refractivity contribution in [3.8, 4) is 56.0 Å². The predicted molar refractivity (Wildman–Crippen MR) is 195 cm³/mol. The summed E-state index contributed by atoms with van der Waals surface area (Å²) in [6.07, 6.45) is 1.80. The van der Waals surface area contributed by atoms with E-state index in [0.717, 1.165) is 39.7 Å². The van der Waals surface area contributed by atoms with Crippen molar-refractivity contribution in [2.45, 2.75) is 0 Å². The van der Waals surface area contributed by atoms with Crippen molar-refractivity contribution >= 4 is 27.8 Å². The number of aromatic nitrogens is 2. The quantitative estimate of drug-likeness (QED) is 0.190. The number of benzene rings is 6. The highest BCUT2D eigenvalue weighted by Gasteiger charge is 2.22. The van der Waals surface area contributed by atoms with Crippen molar-refractivity contribution in [1.82, 2.24) is 9.97 Å². The fourth-order valence-corrected chi connectivity index (χ4v) is 6.93. The molecule has 220 valence electrons. The summed E-state index contributed by atoms with van der Waals surface area (Å²) in [5.74, 6) is 0. The lowest BCUT2D eigenvalue weighted by Gasteiger charge is -2.26. The third-order valence-corrected chi connectivity index (χ3v) is 9.08. The number of para-hydroxylation sites is 1. The molecule has 47 heavy (non-hydrogen) atoms. The van der Waals surface area contributed by atoms with Crippen LogP contribution in [-0.2, 0) is 0 Å². The Kier molecular flexibility index (Phi) is 6.46. The van der Waals surface area contributed by atoms with E-state index >= 15 is 0 Å². The van der Waals surface area contributed by atoms with Gasteiger partial charge in [0.05, 0.1) is 17.1 Å². The van der Waals surface area contributed by atoms with Crippen LogP contribution in [0.25, 0.3) is 66.8 Å². The highest BCUT2D eigenvalue weighted by molar-refractivity contribution is 6.18. The van der Waals surface area contributed by atoms with Gasteiger partial charge < -0.3 is 4.90 Å². The van der Waals surface area contributed by atoms with Gasteiger partial charge in [0.15, 0.2) is 0 Å². The first-order chi connectivity index (χ1) is 23.3. The molecule has 0 spiro atoms. The standard InChI is InChI=1S/C44H29N3/c1-2-12-32(13-3-1)47(33-24-22-30(23-25-33)41-20-10-21-43(46-41)42-19-6-7-28-45-42)34-14-8-11-31(29-34)35-26-27-40-37-16-5-4-15-36(37)39-18-9-17-38(35)44(39)40/h1-29H. The first-order valence-electron chi connectivity index (χ1n) is 15.9. The molecule has 3 nitrogen and oxygen atoms in total. The molecular weight excluding hydrogens is 571 g/mol. The second kappa shape index (κ2) is 11.2. The minimum Gasteiger partial charge on any atom is -0.310 e. The van der Waals surface area contributed by atoms with Gasteiger partial charge in [0.25, 0.3) is 0 Å². The number of hydrogen-bond donors (Lipinski definition) is 0. The molecule has 0 N–H and O–H groups in total. The number of rotatable bonds is 6. The summed E-state index contributed by atoms with van der Waals surface area (Å²) in [4.78, 5) is 11.7. The number of nitrogens with zero attached hydrogens (tertiary/aromatic N) is 3. The summed E-state index contributed by atoms with van der Waals surface area (Å²) in [5, 5.41) is 2.62. The van der Waals surface area contributed by atoms with Gasteiger partial charge in [0.2, 0.25) is 0 Å². The monoisotopic (exact) mass is 599 g/mol. The topological polar surface area (TPSA) is 29.0 Å². The van der Waals surface area contributed by atoms with E-state index < -0.39 is 0 Å². The van der Waals surface area contributed by atoms with Gasteiger partial charge in [0.1, 0.15) is 0 Å². The van der Waals surface area contributed by atoms with Gasteiger partial charge in [0, 0.05) is 28.8 Å². The van der Waals surface area contributed by atoms with E-state index in [4.69, 9.17) is 4.98 Å². The maximum Gasteiger partial charge on any atom is 0.0893 e. The molecule has 1 aliphatic carbocycles. The molecule has 0 saturated heterocycles. The van der Waals surface area contributed by atoms with Crippen LogP contribution in [0.1, 0.15) is 0 Å². The predicted octanol–water partition coefficient (Wildman–Crippen LogP) is 11.7. The van der Waals surface area contributed by atoms with E-state index in [1.807, 2.05) is 30.3 Å². The van der Waals surface area contributed by atoms with Crippen LogP contribution in [0.5, 0.6) is 0 Å². The molecule has 0 unspecified atom stereocenters. The van der Waals surface area contributed by atoms with Crippen LogP contribution in [0.2, 0.25) is 0 Å². The van der Waals surface area contributed by atoms with Gasteiger partial charge in [-0.1, -0.05) is 109 Å². The summed E-state index contributed by atoms with van der Waals surface area (Å²) in [6.45, 7) is 0. The number of fused-ring (bicyclic) bond motifs is 3. The van der Waals surface area contributed by atoms with Gasteiger partial charge in [-0.05, 0) is 105 Å². The number of hydrogen-bond acceptors (Lipinski definition) is 3. The Labute approximate surface area is 274 Å². The molecule has 0 atom stereocenters. The zero-order chi connectivity index (χ0) is 31.2. The van der Waals surface area contributed by atoms with Crippen LogP contribution < -0.4 is 4.90 Å². The molecule has 1 aliphatic rings. The van der Waals surface area contributed by atoms with Gasteiger partial charge >= 0.3 is 0 Å². The summed E-state index contributed by atoms with van der Waals surface area (Å²) >= 11 is 0. The van der Waals surface area contributed by atoms with Crippen LogP contribution in [0, 0.1) is 0 Å². The molecule has 2 aromatic heterocycles. The summed E-state index contributed by atoms with van der Waals surface area (Å²) in [6, 6.07) is 60.2. The molecule has 8 aromatic rings. The normalized spacial score (nSPS) is 11.4. The first-order valence-corrected chi connectivity index (χ1v) is 15.9. The molecule has 2 heterocycles. The van der Waals surface area contributed by atoms with E-state index in [2.05, 4.69) is 149 Å². The Hall–Kier alpha value is -6.32. The smallest absolute Gasteiger partial charge is 0.0893 e. The van der Waals surface area contributed by atoms with Crippen molar-refractivity contribution in [3.63, 3.8) is 0 Å². The number of anilines is 3. The maximum absolute atomic E-state index is 4.93. The third-order valence-electron chi connectivity index (χ3n) is 9.08. The molecule has 0 amide bonds. The summed E-state index contributed by atoms with van der Waals surface area (Å²) < 4.78 is 0. The summed E-state index contributed by atoms with van der Waals surface area (Å²) in [7, 11) is 0. The summed E-state index contributed by atoms with van der Waals surface area (Å²) in [5.41, 5.74) is 14.7. The largest absolute Gasteiger partial charge is 0.310 e. The molecule has 0 aliphatic heterocycles. The maximum atomic E-state index is 4.93. The first kappa shape index (κ1) is 27.0. The van der Waals surface area contributed by atoms with Crippen LogP contribution in [0.4, 0.5) is 17.1 Å². The van der Waals surface area contributed by atoms with Crippen molar-refractivity contribution in [2.24, 2.45) is 0 Å².